The van der Waals surface area contributed by atoms with Gasteiger partial charge in [-0.3, -0.25) is 4.90 Å². The van der Waals surface area contributed by atoms with Crippen molar-refractivity contribution in [2.24, 2.45) is 0 Å². The molecule has 0 bridgehead atoms. The molecule has 0 radical (unpaired) electrons. The Morgan fingerprint density at radius 3 is 2.09 bits per heavy atom. The molecular weight excluding hydrogens is 430 g/mol. The molecular formula is C31H37N3O. The highest BCUT2D eigenvalue weighted by Crippen LogP contribution is 2.32. The smallest absolute Gasteiger partial charge is 0.140 e. The molecule has 0 amide bonds. The molecule has 0 aliphatic heterocycles. The van der Waals surface area contributed by atoms with E-state index in [1.54, 1.807) is 7.11 Å². The lowest BCUT2D eigenvalue weighted by Crippen LogP contribution is -2.26. The van der Waals surface area contributed by atoms with Crippen molar-refractivity contribution in [3.8, 4) is 28.4 Å². The summed E-state index contributed by atoms with van der Waals surface area (Å²) in [5.41, 5.74) is 5.92. The third-order valence-electron chi connectivity index (χ3n) is 6.39. The Hall–Kier alpha value is -3.37. The van der Waals surface area contributed by atoms with Crippen molar-refractivity contribution in [2.75, 3.05) is 13.7 Å². The van der Waals surface area contributed by atoms with E-state index in [9.17, 15) is 0 Å². The van der Waals surface area contributed by atoms with E-state index in [0.29, 0.717) is 0 Å². The van der Waals surface area contributed by atoms with Crippen LogP contribution < -0.4 is 4.74 Å². The van der Waals surface area contributed by atoms with Crippen LogP contribution in [0.3, 0.4) is 0 Å². The molecule has 0 saturated heterocycles. The summed E-state index contributed by atoms with van der Waals surface area (Å²) in [5, 5.41) is 0. The summed E-state index contributed by atoms with van der Waals surface area (Å²) in [5.74, 6) is 2.00. The molecule has 4 aromatic rings. The summed E-state index contributed by atoms with van der Waals surface area (Å²) in [6.45, 7) is 8.14. The van der Waals surface area contributed by atoms with E-state index in [1.807, 2.05) is 12.1 Å². The van der Waals surface area contributed by atoms with Gasteiger partial charge in [-0.05, 0) is 25.5 Å². The number of rotatable bonds is 12. The van der Waals surface area contributed by atoms with Crippen LogP contribution in [-0.4, -0.2) is 28.1 Å². The largest absolute Gasteiger partial charge is 0.496 e. The molecule has 4 nitrogen and oxygen atoms in total. The van der Waals surface area contributed by atoms with Gasteiger partial charge in [0.25, 0.3) is 0 Å². The van der Waals surface area contributed by atoms with Crippen molar-refractivity contribution in [1.82, 2.24) is 14.5 Å². The molecule has 0 fully saturated rings. The van der Waals surface area contributed by atoms with Gasteiger partial charge in [0.05, 0.1) is 18.5 Å². The molecule has 4 rings (SSSR count). The Kier molecular flexibility index (Phi) is 8.74. The number of nitrogens with zero attached hydrogens (tertiary/aromatic N) is 3. The first-order chi connectivity index (χ1) is 17.2. The van der Waals surface area contributed by atoms with E-state index in [0.717, 1.165) is 62.7 Å². The van der Waals surface area contributed by atoms with Crippen molar-refractivity contribution in [3.05, 3.63) is 96.2 Å². The Morgan fingerprint density at radius 2 is 1.43 bits per heavy atom. The lowest BCUT2D eigenvalue weighted by molar-refractivity contribution is 0.247. The summed E-state index contributed by atoms with van der Waals surface area (Å²) < 4.78 is 8.13. The van der Waals surface area contributed by atoms with Crippen LogP contribution in [0.2, 0.25) is 0 Å². The highest BCUT2D eigenvalue weighted by Gasteiger charge is 2.22. The zero-order valence-corrected chi connectivity index (χ0v) is 21.3. The number of benzene rings is 3. The second-order valence-corrected chi connectivity index (χ2v) is 8.99. The number of hydrogen-bond donors (Lipinski definition) is 0. The van der Waals surface area contributed by atoms with Gasteiger partial charge in [-0.2, -0.15) is 0 Å². The van der Waals surface area contributed by atoms with Gasteiger partial charge in [-0.1, -0.05) is 99.1 Å². The van der Waals surface area contributed by atoms with Crippen molar-refractivity contribution < 1.29 is 4.74 Å². The molecule has 0 aliphatic carbocycles. The fraction of sp³-hybridized carbons (Fsp3) is 0.323. The van der Waals surface area contributed by atoms with Gasteiger partial charge in [0.15, 0.2) is 0 Å². The second kappa shape index (κ2) is 12.4. The van der Waals surface area contributed by atoms with Crippen LogP contribution >= 0.6 is 0 Å². The zero-order valence-electron chi connectivity index (χ0n) is 21.3. The molecule has 0 aliphatic rings. The minimum atomic E-state index is 0.833. The summed E-state index contributed by atoms with van der Waals surface area (Å²) >= 11 is 0. The van der Waals surface area contributed by atoms with Gasteiger partial charge < -0.3 is 9.30 Å². The number of aromatic nitrogens is 2. The van der Waals surface area contributed by atoms with Gasteiger partial charge >= 0.3 is 0 Å². The van der Waals surface area contributed by atoms with E-state index in [1.165, 1.54) is 22.4 Å². The fourth-order valence-electron chi connectivity index (χ4n) is 4.66. The first-order valence-corrected chi connectivity index (χ1v) is 12.8. The normalized spacial score (nSPS) is 11.2. The summed E-state index contributed by atoms with van der Waals surface area (Å²) in [6, 6.07) is 29.6. The topological polar surface area (TPSA) is 30.3 Å². The standard InChI is InChI=1S/C31H37N3O/c1-4-6-22-34-28(24-33(21-5-2)23-27-19-13-14-20-29(27)35-3)30(25-15-9-7-10-16-25)32-31(34)26-17-11-8-12-18-26/h7-20H,4-6,21-24H2,1-3H3. The molecule has 0 N–H and O–H groups in total. The third kappa shape index (κ3) is 6.01. The predicted molar refractivity (Wildman–Crippen MR) is 145 cm³/mol. The molecule has 0 spiro atoms. The fourth-order valence-corrected chi connectivity index (χ4v) is 4.66. The Balaban J connectivity index is 1.80. The van der Waals surface area contributed by atoms with E-state index in [-0.39, 0.29) is 0 Å². The maximum atomic E-state index is 5.66. The molecule has 4 heteroatoms. The molecule has 0 atom stereocenters. The SMILES string of the molecule is CCCCn1c(-c2ccccc2)nc(-c2ccccc2)c1CN(CCC)Cc1ccccc1OC. The first-order valence-electron chi connectivity index (χ1n) is 12.8. The summed E-state index contributed by atoms with van der Waals surface area (Å²) in [7, 11) is 1.75. The third-order valence-corrected chi connectivity index (χ3v) is 6.39. The van der Waals surface area contributed by atoms with E-state index >= 15 is 0 Å². The molecule has 3 aromatic carbocycles. The van der Waals surface area contributed by atoms with Gasteiger partial charge in [0.2, 0.25) is 0 Å². The number of ether oxygens (including phenoxy) is 1. The highest BCUT2D eigenvalue weighted by atomic mass is 16.5. The Morgan fingerprint density at radius 1 is 0.771 bits per heavy atom. The number of methoxy groups -OCH3 is 1. The Labute approximate surface area is 210 Å². The number of para-hydroxylation sites is 1. The lowest BCUT2D eigenvalue weighted by atomic mass is 10.1. The van der Waals surface area contributed by atoms with Crippen LogP contribution in [0.1, 0.15) is 44.4 Å². The van der Waals surface area contributed by atoms with E-state index in [2.05, 4.69) is 96.1 Å². The average molecular weight is 468 g/mol. The monoisotopic (exact) mass is 467 g/mol. The van der Waals surface area contributed by atoms with Crippen LogP contribution in [0.25, 0.3) is 22.6 Å². The van der Waals surface area contributed by atoms with Gasteiger partial charge in [0.1, 0.15) is 11.6 Å². The lowest BCUT2D eigenvalue weighted by Gasteiger charge is -2.24. The molecule has 1 aromatic heterocycles. The maximum Gasteiger partial charge on any atom is 0.140 e. The van der Waals surface area contributed by atoms with Crippen molar-refractivity contribution in [1.29, 1.82) is 0 Å². The zero-order chi connectivity index (χ0) is 24.5. The van der Waals surface area contributed by atoms with Gasteiger partial charge in [-0.25, -0.2) is 4.98 Å². The minimum absolute atomic E-state index is 0.833. The van der Waals surface area contributed by atoms with Crippen molar-refractivity contribution in [3.63, 3.8) is 0 Å². The molecule has 35 heavy (non-hydrogen) atoms. The summed E-state index contributed by atoms with van der Waals surface area (Å²) in [4.78, 5) is 7.80. The number of imidazole rings is 1. The van der Waals surface area contributed by atoms with Crippen molar-refractivity contribution in [2.45, 2.75) is 52.7 Å². The average Bonchev–Trinajstić information content (AvgIpc) is 3.26. The number of unbranched alkanes of at least 4 members (excludes halogenated alkanes) is 1. The molecule has 1 heterocycles. The first kappa shape index (κ1) is 24.7. The van der Waals surface area contributed by atoms with Gasteiger partial charge in [0, 0.05) is 36.3 Å². The maximum absolute atomic E-state index is 5.66. The van der Waals surface area contributed by atoms with Crippen LogP contribution in [0.4, 0.5) is 0 Å². The van der Waals surface area contributed by atoms with Crippen LogP contribution in [0.15, 0.2) is 84.9 Å². The highest BCUT2D eigenvalue weighted by molar-refractivity contribution is 5.68. The van der Waals surface area contributed by atoms with Gasteiger partial charge in [-0.15, -0.1) is 0 Å². The predicted octanol–water partition coefficient (Wildman–Crippen LogP) is 7.44. The Bertz CT molecular complexity index is 1180. The number of hydrogen-bond acceptors (Lipinski definition) is 3. The quantitative estimate of drug-likeness (QED) is 0.217. The van der Waals surface area contributed by atoms with E-state index < -0.39 is 0 Å². The minimum Gasteiger partial charge on any atom is -0.496 e. The van der Waals surface area contributed by atoms with Crippen molar-refractivity contribution >= 4 is 0 Å². The second-order valence-electron chi connectivity index (χ2n) is 8.99. The van der Waals surface area contributed by atoms with Crippen LogP contribution in [-0.2, 0) is 19.6 Å². The van der Waals surface area contributed by atoms with Crippen LogP contribution in [0.5, 0.6) is 5.75 Å². The summed E-state index contributed by atoms with van der Waals surface area (Å²) in [6.07, 6.45) is 3.36. The molecule has 182 valence electrons. The van der Waals surface area contributed by atoms with E-state index in [4.69, 9.17) is 9.72 Å². The van der Waals surface area contributed by atoms with Crippen LogP contribution in [0, 0.1) is 0 Å². The molecule has 0 unspecified atom stereocenters. The molecule has 0 saturated carbocycles.